The van der Waals surface area contributed by atoms with Gasteiger partial charge in [0.05, 0.1) is 0 Å². The van der Waals surface area contributed by atoms with Gasteiger partial charge in [-0.25, -0.2) is 0 Å². The first-order chi connectivity index (χ1) is 6.40. The SMILES string of the molecule is CSC1(CNC(=O)C(C)(C)O)CCC1. The van der Waals surface area contributed by atoms with Crippen molar-refractivity contribution in [2.45, 2.75) is 43.5 Å². The van der Waals surface area contributed by atoms with E-state index in [1.165, 1.54) is 33.1 Å². The molecule has 2 N–H and O–H groups in total. The molecule has 4 heteroatoms. The number of nitrogens with one attached hydrogen (secondary N) is 1. The van der Waals surface area contributed by atoms with Crippen LogP contribution in [0.15, 0.2) is 0 Å². The van der Waals surface area contributed by atoms with Crippen LogP contribution in [0.2, 0.25) is 0 Å². The van der Waals surface area contributed by atoms with Crippen molar-refractivity contribution < 1.29 is 9.90 Å². The molecule has 0 aromatic heterocycles. The predicted molar refractivity (Wildman–Crippen MR) is 59.4 cm³/mol. The van der Waals surface area contributed by atoms with Gasteiger partial charge in [-0.2, -0.15) is 11.8 Å². The topological polar surface area (TPSA) is 49.3 Å². The van der Waals surface area contributed by atoms with Crippen LogP contribution in [-0.4, -0.2) is 34.2 Å². The molecule has 0 radical (unpaired) electrons. The minimum Gasteiger partial charge on any atom is -0.381 e. The van der Waals surface area contributed by atoms with Crippen molar-refractivity contribution in [1.82, 2.24) is 5.32 Å². The molecule has 0 aliphatic heterocycles. The summed E-state index contributed by atoms with van der Waals surface area (Å²) < 4.78 is 0.237. The molecule has 1 aliphatic rings. The second-order valence-electron chi connectivity index (χ2n) is 4.48. The van der Waals surface area contributed by atoms with Gasteiger partial charge in [-0.15, -0.1) is 0 Å². The maximum absolute atomic E-state index is 11.4. The maximum Gasteiger partial charge on any atom is 0.251 e. The van der Waals surface area contributed by atoms with Crippen LogP contribution in [0.3, 0.4) is 0 Å². The molecule has 82 valence electrons. The average molecular weight is 217 g/mol. The monoisotopic (exact) mass is 217 g/mol. The summed E-state index contributed by atoms with van der Waals surface area (Å²) in [6, 6.07) is 0. The van der Waals surface area contributed by atoms with Crippen LogP contribution in [0, 0.1) is 0 Å². The van der Waals surface area contributed by atoms with Crippen molar-refractivity contribution in [3.05, 3.63) is 0 Å². The average Bonchev–Trinajstić information content (AvgIpc) is 2.01. The predicted octanol–water partition coefficient (Wildman–Crippen LogP) is 1.16. The zero-order valence-electron chi connectivity index (χ0n) is 9.09. The smallest absolute Gasteiger partial charge is 0.251 e. The number of carbonyl (C=O) groups excluding carboxylic acids is 1. The highest BCUT2D eigenvalue weighted by molar-refractivity contribution is 8.00. The molecule has 1 aliphatic carbocycles. The number of hydrogen-bond donors (Lipinski definition) is 2. The van der Waals surface area contributed by atoms with Crippen LogP contribution < -0.4 is 5.32 Å². The first kappa shape index (κ1) is 11.9. The van der Waals surface area contributed by atoms with Crippen molar-refractivity contribution in [3.8, 4) is 0 Å². The van der Waals surface area contributed by atoms with Crippen LogP contribution in [0.1, 0.15) is 33.1 Å². The van der Waals surface area contributed by atoms with Gasteiger partial charge in [0, 0.05) is 11.3 Å². The summed E-state index contributed by atoms with van der Waals surface area (Å²) in [7, 11) is 0. The Labute approximate surface area is 89.6 Å². The Hall–Kier alpha value is -0.220. The van der Waals surface area contributed by atoms with Gasteiger partial charge >= 0.3 is 0 Å². The minimum atomic E-state index is -1.26. The summed E-state index contributed by atoms with van der Waals surface area (Å²) >= 11 is 1.82. The van der Waals surface area contributed by atoms with Crippen molar-refractivity contribution in [2.24, 2.45) is 0 Å². The lowest BCUT2D eigenvalue weighted by molar-refractivity contribution is -0.136. The van der Waals surface area contributed by atoms with Gasteiger partial charge in [-0.05, 0) is 32.9 Å². The highest BCUT2D eigenvalue weighted by Crippen LogP contribution is 2.42. The van der Waals surface area contributed by atoms with E-state index in [-0.39, 0.29) is 10.7 Å². The molecule has 0 aromatic rings. The molecule has 0 spiro atoms. The largest absolute Gasteiger partial charge is 0.381 e. The van der Waals surface area contributed by atoms with Crippen molar-refractivity contribution >= 4 is 17.7 Å². The minimum absolute atomic E-state index is 0.237. The van der Waals surface area contributed by atoms with Crippen LogP contribution in [-0.2, 0) is 4.79 Å². The Balaban J connectivity index is 2.36. The van der Waals surface area contributed by atoms with Gasteiger partial charge in [0.25, 0.3) is 5.91 Å². The van der Waals surface area contributed by atoms with E-state index in [9.17, 15) is 9.90 Å². The molecule has 1 rings (SSSR count). The van der Waals surface area contributed by atoms with E-state index in [2.05, 4.69) is 11.6 Å². The van der Waals surface area contributed by atoms with E-state index < -0.39 is 5.60 Å². The normalized spacial score (nSPS) is 20.0. The van der Waals surface area contributed by atoms with E-state index in [0.717, 1.165) is 0 Å². The molecule has 1 saturated carbocycles. The third-order valence-corrected chi connectivity index (χ3v) is 4.24. The van der Waals surface area contributed by atoms with Gasteiger partial charge in [0.15, 0.2) is 0 Å². The summed E-state index contributed by atoms with van der Waals surface area (Å²) in [6.07, 6.45) is 5.66. The molecule has 3 nitrogen and oxygen atoms in total. The van der Waals surface area contributed by atoms with Gasteiger partial charge in [-0.1, -0.05) is 6.42 Å². The molecule has 0 atom stereocenters. The zero-order chi connectivity index (χ0) is 10.8. The van der Waals surface area contributed by atoms with E-state index >= 15 is 0 Å². The van der Waals surface area contributed by atoms with Gasteiger partial charge in [-0.3, -0.25) is 4.79 Å². The molecule has 0 saturated heterocycles. The molecule has 0 bridgehead atoms. The Morgan fingerprint density at radius 2 is 2.14 bits per heavy atom. The zero-order valence-corrected chi connectivity index (χ0v) is 9.91. The quantitative estimate of drug-likeness (QED) is 0.743. The van der Waals surface area contributed by atoms with Crippen molar-refractivity contribution in [1.29, 1.82) is 0 Å². The van der Waals surface area contributed by atoms with Crippen LogP contribution >= 0.6 is 11.8 Å². The number of hydrogen-bond acceptors (Lipinski definition) is 3. The number of rotatable bonds is 4. The molecule has 0 heterocycles. The second-order valence-corrected chi connectivity index (χ2v) is 5.76. The molecular weight excluding hydrogens is 198 g/mol. The molecular formula is C10H19NO2S. The summed E-state index contributed by atoms with van der Waals surface area (Å²) in [6.45, 7) is 3.70. The first-order valence-electron chi connectivity index (χ1n) is 4.95. The Morgan fingerprint density at radius 1 is 1.57 bits per heavy atom. The molecule has 14 heavy (non-hydrogen) atoms. The van der Waals surface area contributed by atoms with Crippen molar-refractivity contribution in [3.63, 3.8) is 0 Å². The van der Waals surface area contributed by atoms with E-state index in [0.29, 0.717) is 6.54 Å². The standard InChI is InChI=1S/C10H19NO2S/c1-9(2,13)8(12)11-7-10(14-3)5-4-6-10/h13H,4-7H2,1-3H3,(H,11,12). The van der Waals surface area contributed by atoms with E-state index in [1.54, 1.807) is 0 Å². The Bertz CT molecular complexity index is 213. The fourth-order valence-corrected chi connectivity index (χ4v) is 2.40. The summed E-state index contributed by atoms with van der Waals surface area (Å²) in [4.78, 5) is 11.4. The van der Waals surface area contributed by atoms with Crippen LogP contribution in [0.5, 0.6) is 0 Å². The number of carbonyl (C=O) groups is 1. The summed E-state index contributed by atoms with van der Waals surface area (Å²) in [5, 5.41) is 12.2. The fourth-order valence-electron chi connectivity index (χ4n) is 1.48. The highest BCUT2D eigenvalue weighted by Gasteiger charge is 2.37. The number of thioether (sulfide) groups is 1. The lowest BCUT2D eigenvalue weighted by Gasteiger charge is -2.40. The molecule has 0 aromatic carbocycles. The van der Waals surface area contributed by atoms with E-state index in [1.807, 2.05) is 11.8 Å². The first-order valence-corrected chi connectivity index (χ1v) is 6.18. The Morgan fingerprint density at radius 3 is 2.43 bits per heavy atom. The number of aliphatic hydroxyl groups is 1. The van der Waals surface area contributed by atoms with Crippen molar-refractivity contribution in [2.75, 3.05) is 12.8 Å². The van der Waals surface area contributed by atoms with Crippen LogP contribution in [0.4, 0.5) is 0 Å². The third kappa shape index (κ3) is 2.64. The second kappa shape index (κ2) is 4.11. The van der Waals surface area contributed by atoms with Gasteiger partial charge in [0.1, 0.15) is 5.60 Å². The molecule has 1 amide bonds. The van der Waals surface area contributed by atoms with Gasteiger partial charge in [0.2, 0.25) is 0 Å². The maximum atomic E-state index is 11.4. The number of amides is 1. The third-order valence-electron chi connectivity index (χ3n) is 2.82. The van der Waals surface area contributed by atoms with E-state index in [4.69, 9.17) is 0 Å². The lowest BCUT2D eigenvalue weighted by atomic mass is 9.84. The summed E-state index contributed by atoms with van der Waals surface area (Å²) in [5.74, 6) is -0.280. The Kier molecular flexibility index (Phi) is 3.48. The fraction of sp³-hybridized carbons (Fsp3) is 0.900. The van der Waals surface area contributed by atoms with Gasteiger partial charge < -0.3 is 10.4 Å². The molecule has 0 unspecified atom stereocenters. The lowest BCUT2D eigenvalue weighted by Crippen LogP contribution is -2.50. The summed E-state index contributed by atoms with van der Waals surface area (Å²) in [5.41, 5.74) is -1.26. The highest BCUT2D eigenvalue weighted by atomic mass is 32.2. The van der Waals surface area contributed by atoms with Crippen LogP contribution in [0.25, 0.3) is 0 Å². The molecule has 1 fully saturated rings.